The molecule has 1 N–H and O–H groups in total. The average molecular weight is 542 g/mol. The van der Waals surface area contributed by atoms with Crippen LogP contribution in [0, 0.1) is 11.6 Å². The average Bonchev–Trinajstić information content (AvgIpc) is 2.82. The van der Waals surface area contributed by atoms with Crippen molar-refractivity contribution in [2.75, 3.05) is 7.11 Å². The first-order valence-electron chi connectivity index (χ1n) is 11.8. The highest BCUT2D eigenvalue weighted by Crippen LogP contribution is 2.29. The smallest absolute Gasteiger partial charge is 0.408 e. The van der Waals surface area contributed by atoms with E-state index in [9.17, 15) is 18.4 Å². The zero-order valence-corrected chi connectivity index (χ0v) is 22.0. The minimum atomic E-state index is -1.04. The van der Waals surface area contributed by atoms with Crippen LogP contribution >= 0.6 is 11.6 Å². The van der Waals surface area contributed by atoms with Crippen LogP contribution in [-0.4, -0.2) is 28.4 Å². The molecule has 0 radical (unpaired) electrons. The molecule has 198 valence electrons. The third-order valence-electron chi connectivity index (χ3n) is 5.56. The molecule has 4 aromatic rings. The van der Waals surface area contributed by atoms with Crippen LogP contribution in [0.1, 0.15) is 38.2 Å². The molecule has 3 aromatic carbocycles. The third kappa shape index (κ3) is 6.11. The van der Waals surface area contributed by atoms with E-state index in [1.54, 1.807) is 63.2 Å². The number of rotatable bonds is 6. The number of hydrogen-bond acceptors (Lipinski definition) is 5. The molecular weight excluding hydrogens is 516 g/mol. The van der Waals surface area contributed by atoms with E-state index in [0.717, 1.165) is 18.2 Å². The number of fused-ring (bicyclic) bond motifs is 1. The van der Waals surface area contributed by atoms with E-state index < -0.39 is 34.9 Å². The van der Waals surface area contributed by atoms with Crippen molar-refractivity contribution in [1.82, 2.24) is 14.9 Å². The standard InChI is InChI=1S/C28H26ClF2N3O4/c1-28(2,3)38-27(36)33-23(13-16-11-17(30)14-18(31)12-16)25-32-22-8-6-5-7-20(22)26(35)34(25)24-10-9-19(37-4)15-21(24)29/h5-12,14-15,23H,13H2,1-4H3,(H,33,36)/t23-/m0/s1. The highest BCUT2D eigenvalue weighted by atomic mass is 35.5. The molecule has 0 spiro atoms. The van der Waals surface area contributed by atoms with Crippen molar-refractivity contribution < 1.29 is 23.0 Å². The predicted molar refractivity (Wildman–Crippen MR) is 141 cm³/mol. The number of nitrogens with one attached hydrogen (secondary N) is 1. The molecule has 0 saturated heterocycles. The molecule has 7 nitrogen and oxygen atoms in total. The third-order valence-corrected chi connectivity index (χ3v) is 5.86. The Morgan fingerprint density at radius 1 is 1.08 bits per heavy atom. The molecule has 0 bridgehead atoms. The quantitative estimate of drug-likeness (QED) is 0.317. The fourth-order valence-electron chi connectivity index (χ4n) is 4.03. The van der Waals surface area contributed by atoms with Gasteiger partial charge in [-0.15, -0.1) is 0 Å². The second-order valence-electron chi connectivity index (χ2n) is 9.63. The summed E-state index contributed by atoms with van der Waals surface area (Å²) in [5.41, 5.74) is -0.380. The summed E-state index contributed by atoms with van der Waals surface area (Å²) in [6, 6.07) is 13.5. The van der Waals surface area contributed by atoms with Crippen LogP contribution in [0.25, 0.3) is 16.6 Å². The number of amides is 1. The first-order valence-corrected chi connectivity index (χ1v) is 12.1. The molecular formula is C28H26ClF2N3O4. The molecule has 10 heteroatoms. The summed E-state index contributed by atoms with van der Waals surface area (Å²) in [6.07, 6.45) is -0.902. The van der Waals surface area contributed by atoms with E-state index in [4.69, 9.17) is 26.1 Å². The molecule has 0 unspecified atom stereocenters. The molecule has 1 atom stereocenters. The van der Waals surface area contributed by atoms with Crippen LogP contribution < -0.4 is 15.6 Å². The zero-order valence-electron chi connectivity index (χ0n) is 21.2. The lowest BCUT2D eigenvalue weighted by molar-refractivity contribution is 0.0500. The van der Waals surface area contributed by atoms with Crippen LogP contribution in [0.3, 0.4) is 0 Å². The Bertz CT molecular complexity index is 1550. The van der Waals surface area contributed by atoms with Crippen molar-refractivity contribution in [3.05, 3.63) is 99.1 Å². The van der Waals surface area contributed by atoms with Gasteiger partial charge in [0.1, 0.15) is 28.8 Å². The first kappa shape index (κ1) is 27.1. The van der Waals surface area contributed by atoms with Crippen LogP contribution in [0.2, 0.25) is 5.02 Å². The van der Waals surface area contributed by atoms with Gasteiger partial charge in [-0.2, -0.15) is 0 Å². The van der Waals surface area contributed by atoms with E-state index in [1.807, 2.05) is 0 Å². The van der Waals surface area contributed by atoms with Gasteiger partial charge < -0.3 is 14.8 Å². The maximum Gasteiger partial charge on any atom is 0.408 e. The normalized spacial score (nSPS) is 12.3. The summed E-state index contributed by atoms with van der Waals surface area (Å²) in [6.45, 7) is 5.10. The van der Waals surface area contributed by atoms with Gasteiger partial charge in [0, 0.05) is 18.6 Å². The second-order valence-corrected chi connectivity index (χ2v) is 10.0. The molecule has 0 aliphatic rings. The highest BCUT2D eigenvalue weighted by Gasteiger charge is 2.27. The van der Waals surface area contributed by atoms with Crippen molar-refractivity contribution in [3.8, 4) is 11.4 Å². The zero-order chi connectivity index (χ0) is 27.6. The van der Waals surface area contributed by atoms with E-state index >= 15 is 0 Å². The number of nitrogens with zero attached hydrogens (tertiary/aromatic N) is 2. The van der Waals surface area contributed by atoms with Gasteiger partial charge in [-0.3, -0.25) is 9.36 Å². The van der Waals surface area contributed by atoms with Crippen LogP contribution in [0.5, 0.6) is 5.75 Å². The fourth-order valence-corrected chi connectivity index (χ4v) is 4.29. The van der Waals surface area contributed by atoms with Gasteiger partial charge in [-0.05, 0) is 62.7 Å². The van der Waals surface area contributed by atoms with Crippen molar-refractivity contribution in [2.45, 2.75) is 38.8 Å². The van der Waals surface area contributed by atoms with Crippen LogP contribution in [0.15, 0.2) is 65.5 Å². The fraction of sp³-hybridized carbons (Fsp3) is 0.250. The number of methoxy groups -OCH3 is 1. The number of carbonyl (C=O) groups excluding carboxylic acids is 1. The van der Waals surface area contributed by atoms with Crippen molar-refractivity contribution in [2.24, 2.45) is 0 Å². The summed E-state index contributed by atoms with van der Waals surface area (Å²) in [4.78, 5) is 31.4. The molecule has 0 aliphatic heterocycles. The molecule has 0 fully saturated rings. The molecule has 1 heterocycles. The maximum absolute atomic E-state index is 14.1. The van der Waals surface area contributed by atoms with Crippen molar-refractivity contribution >= 4 is 28.6 Å². The van der Waals surface area contributed by atoms with Gasteiger partial charge in [0.2, 0.25) is 0 Å². The van der Waals surface area contributed by atoms with Crippen molar-refractivity contribution in [3.63, 3.8) is 0 Å². The number of alkyl carbamates (subject to hydrolysis) is 1. The molecule has 0 saturated carbocycles. The van der Waals surface area contributed by atoms with Gasteiger partial charge in [0.15, 0.2) is 0 Å². The van der Waals surface area contributed by atoms with E-state index in [-0.39, 0.29) is 28.5 Å². The number of hydrogen-bond donors (Lipinski definition) is 1. The Hall–Kier alpha value is -3.98. The summed E-state index contributed by atoms with van der Waals surface area (Å²) in [5.74, 6) is -0.992. The number of para-hydroxylation sites is 1. The monoisotopic (exact) mass is 541 g/mol. The highest BCUT2D eigenvalue weighted by molar-refractivity contribution is 6.32. The summed E-state index contributed by atoms with van der Waals surface area (Å²) < 4.78 is 40.1. The Morgan fingerprint density at radius 2 is 1.76 bits per heavy atom. The summed E-state index contributed by atoms with van der Waals surface area (Å²) in [5, 5.41) is 3.23. The number of ether oxygens (including phenoxy) is 2. The number of halogens is 3. The van der Waals surface area contributed by atoms with Gasteiger partial charge in [0.25, 0.3) is 5.56 Å². The summed E-state index contributed by atoms with van der Waals surface area (Å²) >= 11 is 6.56. The van der Waals surface area contributed by atoms with E-state index in [2.05, 4.69) is 5.32 Å². The number of aromatic nitrogens is 2. The lowest BCUT2D eigenvalue weighted by Crippen LogP contribution is -2.39. The van der Waals surface area contributed by atoms with E-state index in [1.165, 1.54) is 11.7 Å². The molecule has 4 rings (SSSR count). The van der Waals surface area contributed by atoms with E-state index in [0.29, 0.717) is 16.7 Å². The maximum atomic E-state index is 14.1. The minimum Gasteiger partial charge on any atom is -0.497 e. The molecule has 0 aliphatic carbocycles. The van der Waals surface area contributed by atoms with Crippen LogP contribution in [0.4, 0.5) is 13.6 Å². The predicted octanol–water partition coefficient (Wildman–Crippen LogP) is 6.13. The Morgan fingerprint density at radius 3 is 2.39 bits per heavy atom. The van der Waals surface area contributed by atoms with Gasteiger partial charge >= 0.3 is 6.09 Å². The van der Waals surface area contributed by atoms with Crippen molar-refractivity contribution in [1.29, 1.82) is 0 Å². The van der Waals surface area contributed by atoms with Gasteiger partial charge in [-0.1, -0.05) is 23.7 Å². The Kier molecular flexibility index (Phi) is 7.68. The second kappa shape index (κ2) is 10.8. The minimum absolute atomic E-state index is 0.0938. The Balaban J connectivity index is 1.95. The first-order chi connectivity index (χ1) is 17.9. The largest absolute Gasteiger partial charge is 0.497 e. The topological polar surface area (TPSA) is 82.4 Å². The lowest BCUT2D eigenvalue weighted by Gasteiger charge is -2.26. The Labute approximate surface area is 223 Å². The number of carbonyl (C=O) groups is 1. The molecule has 1 aromatic heterocycles. The molecule has 38 heavy (non-hydrogen) atoms. The molecule has 1 amide bonds. The summed E-state index contributed by atoms with van der Waals surface area (Å²) in [7, 11) is 1.49. The number of benzene rings is 3. The lowest BCUT2D eigenvalue weighted by atomic mass is 10.0. The van der Waals surface area contributed by atoms with Gasteiger partial charge in [0.05, 0.1) is 34.8 Å². The van der Waals surface area contributed by atoms with Gasteiger partial charge in [-0.25, -0.2) is 18.6 Å². The SMILES string of the molecule is COc1ccc(-n2c([C@H](Cc3cc(F)cc(F)c3)NC(=O)OC(C)(C)C)nc3ccccc3c2=O)c(Cl)c1. The van der Waals surface area contributed by atoms with Crippen LogP contribution in [-0.2, 0) is 11.2 Å².